The molecule has 2 amide bonds. The highest BCUT2D eigenvalue weighted by atomic mass is 79.9. The maximum absolute atomic E-state index is 13.8. The van der Waals surface area contributed by atoms with Crippen LogP contribution in [0.4, 0.5) is 5.82 Å². The van der Waals surface area contributed by atoms with E-state index in [4.69, 9.17) is 11.6 Å². The van der Waals surface area contributed by atoms with E-state index in [0.29, 0.717) is 10.8 Å². The number of hydrogen-bond donors (Lipinski definition) is 0. The Morgan fingerprint density at radius 2 is 1.20 bits per heavy atom. The molecule has 1 saturated heterocycles. The molecule has 2 heterocycles. The average Bonchev–Trinajstić information content (AvgIpc) is 3.04. The molecule has 0 radical (unpaired) electrons. The Labute approximate surface area is 194 Å². The molecule has 30 heavy (non-hydrogen) atoms. The van der Waals surface area contributed by atoms with E-state index in [1.54, 1.807) is 12.1 Å². The summed E-state index contributed by atoms with van der Waals surface area (Å²) in [6, 6.07) is 19.3. The van der Waals surface area contributed by atoms with Crippen molar-refractivity contribution in [3.8, 4) is 0 Å². The zero-order valence-corrected chi connectivity index (χ0v) is 19.3. The molecule has 0 spiro atoms. The molecular weight excluding hydrogens is 532 g/mol. The molecule has 0 N–H and O–H groups in total. The molecule has 0 saturated carbocycles. The standard InChI is InChI=1S/C23H13Br2ClN2O2/c24-22-13-5-1-2-6-14(13)23(25,16-8-4-3-7-15(16)22)19-18(22)20(29)28(21(19)30)17-10-9-12(26)11-27-17/h1-11,18-19H/t18-,19-,22?,23?/m1/s1. The lowest BCUT2D eigenvalue weighted by Crippen LogP contribution is -2.56. The highest BCUT2D eigenvalue weighted by molar-refractivity contribution is 9.10. The van der Waals surface area contributed by atoms with Gasteiger partial charge in [-0.05, 0) is 34.4 Å². The van der Waals surface area contributed by atoms with E-state index < -0.39 is 20.5 Å². The van der Waals surface area contributed by atoms with E-state index in [9.17, 15) is 9.59 Å². The summed E-state index contributed by atoms with van der Waals surface area (Å²) in [4.78, 5) is 33.0. The Bertz CT molecular complexity index is 1140. The number of nitrogens with zero attached hydrogens (tertiary/aromatic N) is 2. The zero-order valence-electron chi connectivity index (χ0n) is 15.4. The SMILES string of the molecule is O=C1[C@H]2[C@H](C(=O)N1c1ccc(Cl)cn1)C1(Br)c3ccccc3C2(Br)c2ccccc21. The predicted molar refractivity (Wildman–Crippen MR) is 121 cm³/mol. The lowest BCUT2D eigenvalue weighted by molar-refractivity contribution is -0.122. The molecule has 4 aliphatic rings. The number of carbonyl (C=O) groups is 2. The van der Waals surface area contributed by atoms with Crippen molar-refractivity contribution in [2.45, 2.75) is 8.65 Å². The lowest BCUT2D eigenvalue weighted by atomic mass is 9.54. The zero-order chi connectivity index (χ0) is 20.8. The Hall–Kier alpha value is -2.02. The number of aromatic nitrogens is 1. The number of alkyl halides is 2. The molecule has 1 fully saturated rings. The summed E-state index contributed by atoms with van der Waals surface area (Å²) in [6.07, 6.45) is 1.45. The van der Waals surface area contributed by atoms with E-state index in [0.717, 1.165) is 22.3 Å². The van der Waals surface area contributed by atoms with Crippen molar-refractivity contribution in [2.24, 2.45) is 11.8 Å². The number of anilines is 1. The van der Waals surface area contributed by atoms with Crippen LogP contribution >= 0.6 is 43.5 Å². The second-order valence-corrected chi connectivity index (χ2v) is 10.8. The van der Waals surface area contributed by atoms with Crippen molar-refractivity contribution in [1.29, 1.82) is 0 Å². The first-order valence-electron chi connectivity index (χ1n) is 9.47. The fourth-order valence-corrected chi connectivity index (χ4v) is 7.81. The molecule has 2 bridgehead atoms. The summed E-state index contributed by atoms with van der Waals surface area (Å²) in [7, 11) is 0. The quantitative estimate of drug-likeness (QED) is 0.315. The molecule has 2 aromatic carbocycles. The number of rotatable bonds is 1. The van der Waals surface area contributed by atoms with Crippen molar-refractivity contribution in [2.75, 3.05) is 4.90 Å². The van der Waals surface area contributed by atoms with Crippen LogP contribution in [0, 0.1) is 11.8 Å². The van der Waals surface area contributed by atoms with E-state index >= 15 is 0 Å². The number of benzene rings is 2. The maximum atomic E-state index is 13.8. The first-order valence-corrected chi connectivity index (χ1v) is 11.4. The third-order valence-corrected chi connectivity index (χ3v) is 9.44. The van der Waals surface area contributed by atoms with Crippen LogP contribution in [0.3, 0.4) is 0 Å². The van der Waals surface area contributed by atoms with Gasteiger partial charge in [-0.25, -0.2) is 9.88 Å². The van der Waals surface area contributed by atoms with Crippen molar-refractivity contribution >= 4 is 61.1 Å². The molecule has 1 aliphatic heterocycles. The van der Waals surface area contributed by atoms with Crippen LogP contribution in [0.25, 0.3) is 0 Å². The highest BCUT2D eigenvalue weighted by Crippen LogP contribution is 2.70. The summed E-state index contributed by atoms with van der Waals surface area (Å²) >= 11 is 13.9. The molecule has 7 rings (SSSR count). The van der Waals surface area contributed by atoms with Gasteiger partial charge in [-0.3, -0.25) is 9.59 Å². The number of pyridine rings is 1. The monoisotopic (exact) mass is 542 g/mol. The van der Waals surface area contributed by atoms with Gasteiger partial charge in [-0.1, -0.05) is 92.0 Å². The summed E-state index contributed by atoms with van der Waals surface area (Å²) in [6.45, 7) is 0. The summed E-state index contributed by atoms with van der Waals surface area (Å²) < 4.78 is -1.59. The minimum atomic E-state index is -0.797. The Kier molecular flexibility index (Phi) is 3.76. The maximum Gasteiger partial charge on any atom is 0.241 e. The fourth-order valence-electron chi connectivity index (χ4n) is 5.39. The predicted octanol–water partition coefficient (Wildman–Crippen LogP) is 5.14. The number of imide groups is 1. The first kappa shape index (κ1) is 18.7. The third kappa shape index (κ3) is 2.00. The summed E-state index contributed by atoms with van der Waals surface area (Å²) in [5.74, 6) is -1.43. The topological polar surface area (TPSA) is 50.3 Å². The van der Waals surface area contributed by atoms with Gasteiger partial charge in [0, 0.05) is 6.20 Å². The lowest BCUT2D eigenvalue weighted by Gasteiger charge is -2.55. The molecule has 4 nitrogen and oxygen atoms in total. The second-order valence-electron chi connectivity index (χ2n) is 7.82. The van der Waals surface area contributed by atoms with Crippen molar-refractivity contribution in [3.05, 3.63) is 94.1 Å². The van der Waals surface area contributed by atoms with E-state index in [1.807, 2.05) is 48.5 Å². The van der Waals surface area contributed by atoms with E-state index in [-0.39, 0.29) is 11.8 Å². The van der Waals surface area contributed by atoms with Gasteiger partial charge >= 0.3 is 0 Å². The summed E-state index contributed by atoms with van der Waals surface area (Å²) in [5, 5.41) is 0.448. The number of hydrogen-bond acceptors (Lipinski definition) is 3. The van der Waals surface area contributed by atoms with Crippen molar-refractivity contribution in [3.63, 3.8) is 0 Å². The van der Waals surface area contributed by atoms with Crippen LogP contribution in [0.15, 0.2) is 66.9 Å². The largest absolute Gasteiger partial charge is 0.274 e. The second kappa shape index (κ2) is 6.02. The van der Waals surface area contributed by atoms with Gasteiger partial charge in [0.15, 0.2) is 0 Å². The van der Waals surface area contributed by atoms with Crippen LogP contribution < -0.4 is 4.90 Å². The Morgan fingerprint density at radius 1 is 0.767 bits per heavy atom. The van der Waals surface area contributed by atoms with Crippen LogP contribution in [0.2, 0.25) is 5.02 Å². The molecule has 3 aromatic rings. The molecule has 7 heteroatoms. The number of halogens is 3. The Morgan fingerprint density at radius 3 is 1.57 bits per heavy atom. The molecule has 2 atom stereocenters. The van der Waals surface area contributed by atoms with Crippen molar-refractivity contribution < 1.29 is 9.59 Å². The van der Waals surface area contributed by atoms with Crippen LogP contribution in [-0.4, -0.2) is 16.8 Å². The van der Waals surface area contributed by atoms with E-state index in [2.05, 4.69) is 36.8 Å². The van der Waals surface area contributed by atoms with Gasteiger partial charge in [0.1, 0.15) is 5.82 Å². The van der Waals surface area contributed by atoms with Crippen LogP contribution in [0.5, 0.6) is 0 Å². The fraction of sp³-hybridized carbons (Fsp3) is 0.174. The smallest absolute Gasteiger partial charge is 0.241 e. The molecular formula is C23H13Br2ClN2O2. The van der Waals surface area contributed by atoms with Crippen LogP contribution in [-0.2, 0) is 18.2 Å². The Balaban J connectivity index is 1.66. The molecule has 3 aliphatic carbocycles. The minimum absolute atomic E-state index is 0.260. The minimum Gasteiger partial charge on any atom is -0.274 e. The number of carbonyl (C=O) groups excluding carboxylic acids is 2. The van der Waals surface area contributed by atoms with Gasteiger partial charge < -0.3 is 0 Å². The van der Waals surface area contributed by atoms with Gasteiger partial charge in [-0.2, -0.15) is 0 Å². The van der Waals surface area contributed by atoms with Gasteiger partial charge in [0.25, 0.3) is 0 Å². The summed E-state index contributed by atoms with van der Waals surface area (Å²) in [5.41, 5.74) is 4.03. The number of amides is 2. The highest BCUT2D eigenvalue weighted by Gasteiger charge is 2.72. The van der Waals surface area contributed by atoms with E-state index in [1.165, 1.54) is 11.1 Å². The molecule has 148 valence electrons. The first-order chi connectivity index (χ1) is 14.4. The molecule has 0 unspecified atom stereocenters. The van der Waals surface area contributed by atoms with Crippen molar-refractivity contribution in [1.82, 2.24) is 4.98 Å². The average molecular weight is 545 g/mol. The van der Waals surface area contributed by atoms with Gasteiger partial charge in [0.2, 0.25) is 11.8 Å². The normalized spacial score (nSPS) is 30.8. The van der Waals surface area contributed by atoms with Crippen LogP contribution in [0.1, 0.15) is 22.3 Å². The molecule has 1 aromatic heterocycles. The van der Waals surface area contributed by atoms with Gasteiger partial charge in [0.05, 0.1) is 25.5 Å². The third-order valence-electron chi connectivity index (χ3n) is 6.53. The van der Waals surface area contributed by atoms with Gasteiger partial charge in [-0.15, -0.1) is 0 Å².